The van der Waals surface area contributed by atoms with Crippen molar-refractivity contribution in [3.8, 4) is 55.6 Å². The molecule has 0 N–H and O–H groups in total. The fourth-order valence-electron chi connectivity index (χ4n) is 7.56. The Balaban J connectivity index is 1.38. The van der Waals surface area contributed by atoms with Crippen LogP contribution < -0.4 is 0 Å². The largest absolute Gasteiger partial charge is 0.0622 e. The SMILES string of the molecule is c1ccc(-c2ccccc2-c2ccc(-c3c4ccccc4c(-c4ccccc4)c4ccccc34)cc2-c2cccc3ccccc23)cc1. The number of benzene rings is 9. The van der Waals surface area contributed by atoms with Gasteiger partial charge in [-0.3, -0.25) is 0 Å². The van der Waals surface area contributed by atoms with Gasteiger partial charge >= 0.3 is 0 Å². The molecule has 0 saturated heterocycles. The third-order valence-corrected chi connectivity index (χ3v) is 9.68. The second-order valence-electron chi connectivity index (χ2n) is 12.4. The van der Waals surface area contributed by atoms with Gasteiger partial charge in [-0.05, 0) is 94.0 Å². The van der Waals surface area contributed by atoms with Crippen molar-refractivity contribution in [3.63, 3.8) is 0 Å². The zero-order valence-corrected chi connectivity index (χ0v) is 26.5. The van der Waals surface area contributed by atoms with E-state index in [1.54, 1.807) is 0 Å². The number of fused-ring (bicyclic) bond motifs is 3. The quantitative estimate of drug-likeness (QED) is 0.171. The van der Waals surface area contributed by atoms with E-state index in [0.717, 1.165) is 0 Å². The summed E-state index contributed by atoms with van der Waals surface area (Å²) in [5.74, 6) is 0. The van der Waals surface area contributed by atoms with Crippen LogP contribution in [0.3, 0.4) is 0 Å². The zero-order chi connectivity index (χ0) is 31.9. The minimum atomic E-state index is 1.21. The Kier molecular flexibility index (Phi) is 6.91. The van der Waals surface area contributed by atoms with Gasteiger partial charge in [-0.15, -0.1) is 0 Å². The van der Waals surface area contributed by atoms with Gasteiger partial charge in [-0.2, -0.15) is 0 Å². The van der Waals surface area contributed by atoms with E-state index in [2.05, 4.69) is 194 Å². The summed E-state index contributed by atoms with van der Waals surface area (Å²) >= 11 is 0. The van der Waals surface area contributed by atoms with E-state index in [0.29, 0.717) is 0 Å². The van der Waals surface area contributed by atoms with E-state index < -0.39 is 0 Å². The van der Waals surface area contributed by atoms with Crippen LogP contribution in [-0.4, -0.2) is 0 Å². The lowest BCUT2D eigenvalue weighted by atomic mass is 9.83. The summed E-state index contributed by atoms with van der Waals surface area (Å²) in [6.07, 6.45) is 0. The fourth-order valence-corrected chi connectivity index (χ4v) is 7.56. The van der Waals surface area contributed by atoms with Crippen molar-refractivity contribution in [2.45, 2.75) is 0 Å². The lowest BCUT2D eigenvalue weighted by molar-refractivity contribution is 1.57. The molecule has 48 heavy (non-hydrogen) atoms. The molecule has 0 heterocycles. The summed E-state index contributed by atoms with van der Waals surface area (Å²) in [7, 11) is 0. The molecule has 0 spiro atoms. The van der Waals surface area contributed by atoms with E-state index in [-0.39, 0.29) is 0 Å². The Morgan fingerprint density at radius 3 is 1.29 bits per heavy atom. The van der Waals surface area contributed by atoms with Gasteiger partial charge in [0.2, 0.25) is 0 Å². The van der Waals surface area contributed by atoms with Crippen LogP contribution in [0.2, 0.25) is 0 Å². The van der Waals surface area contributed by atoms with E-state index in [4.69, 9.17) is 0 Å². The molecule has 9 rings (SSSR count). The molecule has 224 valence electrons. The Hall–Kier alpha value is -6.24. The highest BCUT2D eigenvalue weighted by molar-refractivity contribution is 6.21. The van der Waals surface area contributed by atoms with Crippen LogP contribution >= 0.6 is 0 Å². The Bertz CT molecular complexity index is 2530. The van der Waals surface area contributed by atoms with Crippen molar-refractivity contribution in [2.75, 3.05) is 0 Å². The lowest BCUT2D eigenvalue weighted by Crippen LogP contribution is -1.94. The molecule has 0 bridgehead atoms. The highest BCUT2D eigenvalue weighted by Gasteiger charge is 2.20. The third kappa shape index (κ3) is 4.70. The first-order valence-electron chi connectivity index (χ1n) is 16.6. The van der Waals surface area contributed by atoms with Crippen LogP contribution in [0.1, 0.15) is 0 Å². The van der Waals surface area contributed by atoms with Gasteiger partial charge in [-0.1, -0.05) is 188 Å². The molecular formula is C48H32. The lowest BCUT2D eigenvalue weighted by Gasteiger charge is -2.20. The van der Waals surface area contributed by atoms with Crippen LogP contribution in [0.4, 0.5) is 0 Å². The second kappa shape index (κ2) is 11.8. The second-order valence-corrected chi connectivity index (χ2v) is 12.4. The Morgan fingerprint density at radius 2 is 0.646 bits per heavy atom. The van der Waals surface area contributed by atoms with E-state index >= 15 is 0 Å². The van der Waals surface area contributed by atoms with Gasteiger partial charge in [0.15, 0.2) is 0 Å². The fraction of sp³-hybridized carbons (Fsp3) is 0. The summed E-state index contributed by atoms with van der Waals surface area (Å²) in [5, 5.41) is 7.55. The molecule has 0 aromatic heterocycles. The van der Waals surface area contributed by atoms with E-state index in [9.17, 15) is 0 Å². The minimum Gasteiger partial charge on any atom is -0.0622 e. The van der Waals surface area contributed by atoms with Crippen LogP contribution in [0.5, 0.6) is 0 Å². The Labute approximate surface area is 281 Å². The van der Waals surface area contributed by atoms with Gasteiger partial charge < -0.3 is 0 Å². The van der Waals surface area contributed by atoms with Crippen LogP contribution in [0.25, 0.3) is 88.0 Å². The standard InChI is InChI=1S/C48H32/c1-3-16-33(17-4-1)37-23-9-10-24-39(37)41-31-30-36(32-46(41)40-29-15-21-34-18-7-8-22-38(34)40)48-44-27-13-11-25-42(44)47(35-19-5-2-6-20-35)43-26-12-14-28-45(43)48/h1-32H. The van der Waals surface area contributed by atoms with Gasteiger partial charge in [0.1, 0.15) is 0 Å². The number of hydrogen-bond donors (Lipinski definition) is 0. The summed E-state index contributed by atoms with van der Waals surface area (Å²) in [5.41, 5.74) is 12.4. The molecule has 9 aromatic carbocycles. The highest BCUT2D eigenvalue weighted by atomic mass is 14.2. The average Bonchev–Trinajstić information content (AvgIpc) is 3.17. The first-order chi connectivity index (χ1) is 23.8. The summed E-state index contributed by atoms with van der Waals surface area (Å²) in [6, 6.07) is 70.7. The van der Waals surface area contributed by atoms with Crippen molar-refractivity contribution < 1.29 is 0 Å². The molecule has 0 fully saturated rings. The monoisotopic (exact) mass is 608 g/mol. The molecule has 0 amide bonds. The Morgan fingerprint density at radius 1 is 0.208 bits per heavy atom. The average molecular weight is 609 g/mol. The highest BCUT2D eigenvalue weighted by Crippen LogP contribution is 2.47. The van der Waals surface area contributed by atoms with Crippen molar-refractivity contribution in [1.29, 1.82) is 0 Å². The smallest absolute Gasteiger partial charge is 0.00261 e. The van der Waals surface area contributed by atoms with Crippen LogP contribution in [-0.2, 0) is 0 Å². The first kappa shape index (κ1) is 28.0. The van der Waals surface area contributed by atoms with Gasteiger partial charge in [0.25, 0.3) is 0 Å². The van der Waals surface area contributed by atoms with Crippen LogP contribution in [0, 0.1) is 0 Å². The van der Waals surface area contributed by atoms with Gasteiger partial charge in [-0.25, -0.2) is 0 Å². The molecular weight excluding hydrogens is 577 g/mol. The maximum atomic E-state index is 2.44. The molecule has 0 aliphatic heterocycles. The van der Waals surface area contributed by atoms with Crippen molar-refractivity contribution in [2.24, 2.45) is 0 Å². The predicted octanol–water partition coefficient (Wildman–Crippen LogP) is 13.5. The minimum absolute atomic E-state index is 1.21. The van der Waals surface area contributed by atoms with Gasteiger partial charge in [0, 0.05) is 0 Å². The molecule has 0 radical (unpaired) electrons. The molecule has 0 atom stereocenters. The maximum absolute atomic E-state index is 2.44. The van der Waals surface area contributed by atoms with Crippen molar-refractivity contribution >= 4 is 32.3 Å². The zero-order valence-electron chi connectivity index (χ0n) is 26.5. The third-order valence-electron chi connectivity index (χ3n) is 9.68. The van der Waals surface area contributed by atoms with E-state index in [1.807, 2.05) is 0 Å². The molecule has 0 aliphatic carbocycles. The number of hydrogen-bond acceptors (Lipinski definition) is 0. The molecule has 9 aromatic rings. The number of rotatable bonds is 5. The molecule has 0 saturated carbocycles. The predicted molar refractivity (Wildman–Crippen MR) is 206 cm³/mol. The normalized spacial score (nSPS) is 11.3. The van der Waals surface area contributed by atoms with Crippen LogP contribution in [0.15, 0.2) is 194 Å². The van der Waals surface area contributed by atoms with Crippen molar-refractivity contribution in [3.05, 3.63) is 194 Å². The van der Waals surface area contributed by atoms with Crippen molar-refractivity contribution in [1.82, 2.24) is 0 Å². The topological polar surface area (TPSA) is 0 Å². The molecule has 0 heteroatoms. The van der Waals surface area contributed by atoms with Gasteiger partial charge in [0.05, 0.1) is 0 Å². The first-order valence-corrected chi connectivity index (χ1v) is 16.6. The maximum Gasteiger partial charge on any atom is -0.00261 e. The summed E-state index contributed by atoms with van der Waals surface area (Å²) in [4.78, 5) is 0. The molecule has 0 aliphatic rings. The summed E-state index contributed by atoms with van der Waals surface area (Å²) in [6.45, 7) is 0. The molecule has 0 nitrogen and oxygen atoms in total. The van der Waals surface area contributed by atoms with E-state index in [1.165, 1.54) is 88.0 Å². The summed E-state index contributed by atoms with van der Waals surface area (Å²) < 4.78 is 0. The molecule has 0 unspecified atom stereocenters.